The number of imidazole rings is 1. The maximum atomic E-state index is 4.38. The number of thiophene rings is 1. The molecule has 2 aromatic heterocycles. The average Bonchev–Trinajstić information content (AvgIpc) is 2.87. The van der Waals surface area contributed by atoms with E-state index < -0.39 is 0 Å². The van der Waals surface area contributed by atoms with Crippen LogP contribution in [-0.4, -0.2) is 9.55 Å². The molecular formula is C12H9BrN2S. The molecule has 0 unspecified atom stereocenters. The van der Waals surface area contributed by atoms with Crippen LogP contribution in [0.2, 0.25) is 0 Å². The van der Waals surface area contributed by atoms with Gasteiger partial charge in [0.15, 0.2) is 0 Å². The normalized spacial score (nSPS) is 11.1. The molecule has 0 saturated heterocycles. The Balaban J connectivity index is 2.00. The second-order valence-corrected chi connectivity index (χ2v) is 5.50. The van der Waals surface area contributed by atoms with Gasteiger partial charge in [-0.05, 0) is 34.1 Å². The summed E-state index contributed by atoms with van der Waals surface area (Å²) in [4.78, 5) is 5.71. The molecule has 1 aromatic carbocycles. The number of fused-ring (bicyclic) bond motifs is 1. The Bertz CT molecular complexity index is 627. The fourth-order valence-electron chi connectivity index (χ4n) is 1.74. The molecule has 0 atom stereocenters. The number of halogens is 1. The fraction of sp³-hybridized carbons (Fsp3) is 0.0833. The molecule has 0 amide bonds. The molecule has 0 aliphatic heterocycles. The van der Waals surface area contributed by atoms with Crippen molar-refractivity contribution >= 4 is 38.3 Å². The van der Waals surface area contributed by atoms with Crippen LogP contribution in [0, 0.1) is 0 Å². The van der Waals surface area contributed by atoms with Crippen molar-refractivity contribution < 1.29 is 0 Å². The zero-order chi connectivity index (χ0) is 11.0. The summed E-state index contributed by atoms with van der Waals surface area (Å²) in [7, 11) is 0. The first-order valence-corrected chi connectivity index (χ1v) is 6.63. The number of hydrogen-bond acceptors (Lipinski definition) is 2. The van der Waals surface area contributed by atoms with Gasteiger partial charge < -0.3 is 4.57 Å². The number of benzene rings is 1. The number of hydrogen-bond donors (Lipinski definition) is 0. The lowest BCUT2D eigenvalue weighted by Gasteiger charge is -2.00. The molecule has 0 saturated carbocycles. The van der Waals surface area contributed by atoms with Crippen LogP contribution in [0.4, 0.5) is 0 Å². The van der Waals surface area contributed by atoms with Crippen molar-refractivity contribution in [3.05, 3.63) is 51.4 Å². The predicted molar refractivity (Wildman–Crippen MR) is 70.9 cm³/mol. The van der Waals surface area contributed by atoms with Crippen LogP contribution in [0.5, 0.6) is 0 Å². The predicted octanol–water partition coefficient (Wildman–Crippen LogP) is 3.91. The lowest BCUT2D eigenvalue weighted by Crippen LogP contribution is -1.94. The molecule has 0 bridgehead atoms. The van der Waals surface area contributed by atoms with Crippen molar-refractivity contribution in [2.24, 2.45) is 0 Å². The highest BCUT2D eigenvalue weighted by molar-refractivity contribution is 9.10. The summed E-state index contributed by atoms with van der Waals surface area (Å²) in [6.07, 6.45) is 1.90. The third-order valence-electron chi connectivity index (χ3n) is 2.48. The lowest BCUT2D eigenvalue weighted by atomic mass is 10.3. The van der Waals surface area contributed by atoms with Gasteiger partial charge in [0.05, 0.1) is 23.9 Å². The fourth-order valence-corrected chi connectivity index (χ4v) is 3.19. The Kier molecular flexibility index (Phi) is 2.53. The van der Waals surface area contributed by atoms with Gasteiger partial charge in [0.2, 0.25) is 0 Å². The van der Waals surface area contributed by atoms with E-state index >= 15 is 0 Å². The zero-order valence-electron chi connectivity index (χ0n) is 8.43. The van der Waals surface area contributed by atoms with E-state index in [0.29, 0.717) is 0 Å². The van der Waals surface area contributed by atoms with Crippen molar-refractivity contribution in [3.63, 3.8) is 0 Å². The minimum Gasteiger partial charge on any atom is -0.325 e. The summed E-state index contributed by atoms with van der Waals surface area (Å²) in [5.41, 5.74) is 2.24. The first-order valence-electron chi connectivity index (χ1n) is 4.96. The molecule has 80 valence electrons. The number of para-hydroxylation sites is 2. The monoisotopic (exact) mass is 292 g/mol. The van der Waals surface area contributed by atoms with E-state index in [0.717, 1.165) is 16.5 Å². The minimum atomic E-state index is 0.886. The Hall–Kier alpha value is -1.13. The first kappa shape index (κ1) is 10.1. The largest absolute Gasteiger partial charge is 0.325 e. The quantitative estimate of drug-likeness (QED) is 0.700. The van der Waals surface area contributed by atoms with E-state index in [4.69, 9.17) is 0 Å². The average molecular weight is 293 g/mol. The van der Waals surface area contributed by atoms with Gasteiger partial charge in [0.25, 0.3) is 0 Å². The second-order valence-electron chi connectivity index (χ2n) is 3.59. The van der Waals surface area contributed by atoms with Crippen LogP contribution in [0.15, 0.2) is 46.5 Å². The van der Waals surface area contributed by atoms with E-state index in [1.165, 1.54) is 10.4 Å². The number of aromatic nitrogens is 2. The van der Waals surface area contributed by atoms with E-state index in [9.17, 15) is 0 Å². The van der Waals surface area contributed by atoms with Crippen LogP contribution in [0.25, 0.3) is 11.0 Å². The Morgan fingerprint density at radius 3 is 3.00 bits per heavy atom. The van der Waals surface area contributed by atoms with Gasteiger partial charge in [-0.3, -0.25) is 0 Å². The highest BCUT2D eigenvalue weighted by Crippen LogP contribution is 2.22. The molecule has 2 nitrogen and oxygen atoms in total. The molecule has 3 aromatic rings. The van der Waals surface area contributed by atoms with Crippen LogP contribution in [-0.2, 0) is 6.54 Å². The first-order chi connectivity index (χ1) is 7.83. The van der Waals surface area contributed by atoms with Gasteiger partial charge in [0, 0.05) is 14.7 Å². The molecule has 4 heteroatoms. The van der Waals surface area contributed by atoms with Crippen molar-refractivity contribution in [2.75, 3.05) is 0 Å². The standard InChI is InChI=1S/C12H9BrN2S/c13-9-5-10(16-7-9)6-15-8-14-11-3-1-2-4-12(11)15/h1-5,7-8H,6H2. The molecule has 2 heterocycles. The molecule has 0 spiro atoms. The highest BCUT2D eigenvalue weighted by Gasteiger charge is 2.03. The Labute approximate surface area is 106 Å². The summed E-state index contributed by atoms with van der Waals surface area (Å²) in [5.74, 6) is 0. The van der Waals surface area contributed by atoms with Crippen molar-refractivity contribution in [1.29, 1.82) is 0 Å². The van der Waals surface area contributed by atoms with Crippen LogP contribution < -0.4 is 0 Å². The Morgan fingerprint density at radius 1 is 1.31 bits per heavy atom. The topological polar surface area (TPSA) is 17.8 Å². The van der Waals surface area contributed by atoms with E-state index in [1.807, 2.05) is 24.5 Å². The van der Waals surface area contributed by atoms with Gasteiger partial charge in [-0.15, -0.1) is 11.3 Å². The van der Waals surface area contributed by atoms with Gasteiger partial charge >= 0.3 is 0 Å². The molecule has 0 radical (unpaired) electrons. The van der Waals surface area contributed by atoms with E-state index in [2.05, 4.69) is 43.0 Å². The highest BCUT2D eigenvalue weighted by atomic mass is 79.9. The molecule has 0 N–H and O–H groups in total. The van der Waals surface area contributed by atoms with Crippen molar-refractivity contribution in [1.82, 2.24) is 9.55 Å². The van der Waals surface area contributed by atoms with Gasteiger partial charge in [-0.2, -0.15) is 0 Å². The van der Waals surface area contributed by atoms with Crippen LogP contribution in [0.1, 0.15) is 4.88 Å². The SMILES string of the molecule is Brc1csc(Cn2cnc3ccccc32)c1. The molecule has 0 aliphatic carbocycles. The zero-order valence-corrected chi connectivity index (χ0v) is 10.8. The molecule has 3 rings (SSSR count). The van der Waals surface area contributed by atoms with E-state index in [1.54, 1.807) is 11.3 Å². The smallest absolute Gasteiger partial charge is 0.0961 e. The third kappa shape index (κ3) is 1.79. The lowest BCUT2D eigenvalue weighted by molar-refractivity contribution is 0.838. The van der Waals surface area contributed by atoms with Crippen molar-refractivity contribution in [2.45, 2.75) is 6.54 Å². The summed E-state index contributed by atoms with van der Waals surface area (Å²) in [6.45, 7) is 0.886. The number of nitrogens with zero attached hydrogens (tertiary/aromatic N) is 2. The van der Waals surface area contributed by atoms with Crippen LogP contribution >= 0.6 is 27.3 Å². The minimum absolute atomic E-state index is 0.886. The maximum absolute atomic E-state index is 4.38. The second kappa shape index (κ2) is 4.03. The molecule has 0 aliphatic rings. The summed E-state index contributed by atoms with van der Waals surface area (Å²) in [6, 6.07) is 10.4. The van der Waals surface area contributed by atoms with E-state index in [-0.39, 0.29) is 0 Å². The maximum Gasteiger partial charge on any atom is 0.0961 e. The van der Waals surface area contributed by atoms with Gasteiger partial charge in [-0.25, -0.2) is 4.98 Å². The number of rotatable bonds is 2. The molecule has 16 heavy (non-hydrogen) atoms. The summed E-state index contributed by atoms with van der Waals surface area (Å²) < 4.78 is 3.32. The van der Waals surface area contributed by atoms with Crippen LogP contribution in [0.3, 0.4) is 0 Å². The van der Waals surface area contributed by atoms with Gasteiger partial charge in [-0.1, -0.05) is 12.1 Å². The van der Waals surface area contributed by atoms with Gasteiger partial charge in [0.1, 0.15) is 0 Å². The summed E-state index contributed by atoms with van der Waals surface area (Å²) >= 11 is 5.23. The summed E-state index contributed by atoms with van der Waals surface area (Å²) in [5, 5.41) is 2.11. The Morgan fingerprint density at radius 2 is 2.19 bits per heavy atom. The third-order valence-corrected chi connectivity index (χ3v) is 4.16. The van der Waals surface area contributed by atoms with Crippen molar-refractivity contribution in [3.8, 4) is 0 Å². The molecule has 0 fully saturated rings. The molecular weight excluding hydrogens is 284 g/mol.